The van der Waals surface area contributed by atoms with Gasteiger partial charge in [0.15, 0.2) is 0 Å². The molecule has 3 N–H and O–H groups in total. The fourth-order valence-electron chi connectivity index (χ4n) is 4.71. The van der Waals surface area contributed by atoms with Crippen LogP contribution in [0.1, 0.15) is 63.2 Å². The zero-order valence-electron chi connectivity index (χ0n) is 18.2. The van der Waals surface area contributed by atoms with E-state index < -0.39 is 5.91 Å². The van der Waals surface area contributed by atoms with Crippen LogP contribution in [0.15, 0.2) is 18.3 Å². The maximum atomic E-state index is 12.9. The van der Waals surface area contributed by atoms with Gasteiger partial charge in [-0.1, -0.05) is 20.8 Å². The second kappa shape index (κ2) is 8.34. The minimum absolute atomic E-state index is 0.0213. The van der Waals surface area contributed by atoms with Gasteiger partial charge in [-0.2, -0.15) is 0 Å². The van der Waals surface area contributed by atoms with E-state index in [0.29, 0.717) is 12.8 Å². The van der Waals surface area contributed by atoms with Gasteiger partial charge < -0.3 is 15.8 Å². The molecule has 0 aromatic carbocycles. The number of primary amides is 1. The van der Waals surface area contributed by atoms with Crippen molar-refractivity contribution in [3.05, 3.63) is 23.9 Å². The highest BCUT2D eigenvalue weighted by atomic mass is 16.5. The van der Waals surface area contributed by atoms with Gasteiger partial charge in [-0.05, 0) is 62.1 Å². The molecule has 1 aromatic rings. The molecule has 3 amide bonds. The molecule has 0 radical (unpaired) electrons. The van der Waals surface area contributed by atoms with E-state index in [-0.39, 0.29) is 46.4 Å². The van der Waals surface area contributed by atoms with Gasteiger partial charge in [0.25, 0.3) is 5.91 Å². The number of pyridine rings is 1. The number of carbonyl (C=O) groups excluding carboxylic acids is 3. The van der Waals surface area contributed by atoms with Crippen LogP contribution in [0.3, 0.4) is 0 Å². The Morgan fingerprint density at radius 1 is 1.37 bits per heavy atom. The highest BCUT2D eigenvalue weighted by molar-refractivity contribution is 5.95. The van der Waals surface area contributed by atoms with Crippen LogP contribution in [-0.2, 0) is 9.59 Å². The molecule has 164 valence electrons. The van der Waals surface area contributed by atoms with Gasteiger partial charge in [0, 0.05) is 12.2 Å². The topological polar surface area (TPSA) is 115 Å². The molecule has 0 unspecified atom stereocenters. The monoisotopic (exact) mass is 416 g/mol. The smallest absolute Gasteiger partial charge is 0.254 e. The summed E-state index contributed by atoms with van der Waals surface area (Å²) in [5, 5.41) is 3.06. The Morgan fingerprint density at radius 3 is 2.57 bits per heavy atom. The first kappa shape index (κ1) is 22.2. The molecule has 2 aliphatic rings. The fourth-order valence-corrected chi connectivity index (χ4v) is 4.71. The molecular weight excluding hydrogens is 384 g/mol. The highest BCUT2D eigenvalue weighted by Crippen LogP contribution is 2.58. The highest BCUT2D eigenvalue weighted by Gasteiger charge is 2.56. The number of aromatic nitrogens is 1. The fraction of sp³-hybridized carbons (Fsp3) is 0.636. The van der Waals surface area contributed by atoms with Crippen molar-refractivity contribution in [2.45, 2.75) is 71.1 Å². The van der Waals surface area contributed by atoms with Gasteiger partial charge in [0.2, 0.25) is 18.2 Å². The maximum absolute atomic E-state index is 12.9. The summed E-state index contributed by atoms with van der Waals surface area (Å²) in [4.78, 5) is 41.6. The van der Waals surface area contributed by atoms with Crippen molar-refractivity contribution in [2.75, 3.05) is 7.05 Å². The number of carbonyl (C=O) groups is 3. The van der Waals surface area contributed by atoms with Gasteiger partial charge in [0.05, 0.1) is 6.04 Å². The molecule has 3 rings (SSSR count). The second-order valence-electron chi connectivity index (χ2n) is 9.89. The average molecular weight is 417 g/mol. The van der Waals surface area contributed by atoms with E-state index in [1.54, 1.807) is 25.4 Å². The number of rotatable bonds is 8. The van der Waals surface area contributed by atoms with Crippen molar-refractivity contribution in [3.8, 4) is 5.88 Å². The molecule has 8 heteroatoms. The number of amides is 3. The van der Waals surface area contributed by atoms with E-state index in [4.69, 9.17) is 10.5 Å². The number of hydrogen-bond donors (Lipinski definition) is 2. The number of nitrogens with two attached hydrogens (primary N) is 1. The van der Waals surface area contributed by atoms with E-state index in [2.05, 4.69) is 31.1 Å². The summed E-state index contributed by atoms with van der Waals surface area (Å²) in [5.41, 5.74) is 5.73. The summed E-state index contributed by atoms with van der Waals surface area (Å²) in [6.45, 7) is 6.23. The number of ether oxygens (including phenoxy) is 1. The Balaban J connectivity index is 1.54. The summed E-state index contributed by atoms with van der Waals surface area (Å²) < 4.78 is 5.88. The van der Waals surface area contributed by atoms with Crippen LogP contribution < -0.4 is 15.8 Å². The lowest BCUT2D eigenvalue weighted by atomic mass is 9.52. The normalized spacial score (nSPS) is 26.3. The largest absolute Gasteiger partial charge is 0.474 e. The zero-order valence-corrected chi connectivity index (χ0v) is 18.2. The Kier molecular flexibility index (Phi) is 6.17. The summed E-state index contributed by atoms with van der Waals surface area (Å²) in [6.07, 6.45) is 6.07. The number of likely N-dealkylation sites (N-methyl/N-ethyl adjacent to an activating group) is 1. The summed E-state index contributed by atoms with van der Waals surface area (Å²) in [5.74, 6) is -0.455. The quantitative estimate of drug-likeness (QED) is 0.626. The second-order valence-corrected chi connectivity index (χ2v) is 9.89. The molecule has 2 aliphatic carbocycles. The van der Waals surface area contributed by atoms with Crippen LogP contribution in [0.25, 0.3) is 0 Å². The SMILES string of the molecule is CN[C@@H](CC(C)(C)C)C(=O)N(C=O)C1CC2(CC(Oc3ncccc3C(N)=O)C2)C1. The van der Waals surface area contributed by atoms with E-state index in [9.17, 15) is 14.4 Å². The number of nitrogens with one attached hydrogen (secondary N) is 1. The molecular formula is C22H32N4O4. The Bertz CT molecular complexity index is 806. The molecule has 30 heavy (non-hydrogen) atoms. The Labute approximate surface area is 177 Å². The molecule has 0 saturated heterocycles. The molecule has 0 bridgehead atoms. The van der Waals surface area contributed by atoms with Crippen LogP contribution in [0.5, 0.6) is 5.88 Å². The third-order valence-corrected chi connectivity index (χ3v) is 6.20. The molecule has 2 saturated carbocycles. The third-order valence-electron chi connectivity index (χ3n) is 6.20. The first-order chi connectivity index (χ1) is 14.1. The standard InChI is InChI=1S/C22H32N4O4/c1-21(2,3)12-17(24-4)20(29)26(13-27)14-8-22(9-14)10-15(11-22)30-19-16(18(23)28)6-5-7-25-19/h5-7,13-15,17,24H,8-12H2,1-4H3,(H2,23,28)/t14?,15?,17-,22?/m0/s1. The van der Waals surface area contributed by atoms with Crippen LogP contribution in [-0.4, -0.2) is 53.3 Å². The molecule has 2 fully saturated rings. The van der Waals surface area contributed by atoms with E-state index >= 15 is 0 Å². The minimum atomic E-state index is -0.565. The first-order valence-corrected chi connectivity index (χ1v) is 10.4. The lowest BCUT2D eigenvalue weighted by Crippen LogP contribution is -2.61. The lowest BCUT2D eigenvalue weighted by molar-refractivity contribution is -0.157. The molecule has 1 spiro atoms. The predicted octanol–water partition coefficient (Wildman–Crippen LogP) is 1.88. The van der Waals surface area contributed by atoms with Crippen molar-refractivity contribution >= 4 is 18.2 Å². The molecule has 0 aliphatic heterocycles. The van der Waals surface area contributed by atoms with Gasteiger partial charge in [-0.25, -0.2) is 4.98 Å². The molecule has 1 aromatic heterocycles. The van der Waals surface area contributed by atoms with E-state index in [1.165, 1.54) is 4.90 Å². The number of nitrogens with zero attached hydrogens (tertiary/aromatic N) is 2. The average Bonchev–Trinajstić information content (AvgIpc) is 2.61. The zero-order chi connectivity index (χ0) is 22.1. The van der Waals surface area contributed by atoms with Gasteiger partial charge in [-0.3, -0.25) is 19.3 Å². The van der Waals surface area contributed by atoms with E-state index in [0.717, 1.165) is 25.7 Å². The van der Waals surface area contributed by atoms with Crippen molar-refractivity contribution < 1.29 is 19.1 Å². The van der Waals surface area contributed by atoms with E-state index in [1.807, 2.05) is 0 Å². The molecule has 8 nitrogen and oxygen atoms in total. The van der Waals surface area contributed by atoms with Gasteiger partial charge in [-0.15, -0.1) is 0 Å². The maximum Gasteiger partial charge on any atom is 0.254 e. The van der Waals surface area contributed by atoms with Crippen LogP contribution in [0, 0.1) is 10.8 Å². The van der Waals surface area contributed by atoms with Crippen LogP contribution >= 0.6 is 0 Å². The first-order valence-electron chi connectivity index (χ1n) is 10.4. The Morgan fingerprint density at radius 2 is 2.03 bits per heavy atom. The van der Waals surface area contributed by atoms with Gasteiger partial charge >= 0.3 is 0 Å². The van der Waals surface area contributed by atoms with Crippen molar-refractivity contribution in [1.82, 2.24) is 15.2 Å². The summed E-state index contributed by atoms with van der Waals surface area (Å²) in [6, 6.07) is 2.81. The molecule has 1 heterocycles. The van der Waals surface area contributed by atoms with Crippen LogP contribution in [0.4, 0.5) is 0 Å². The van der Waals surface area contributed by atoms with Crippen molar-refractivity contribution in [2.24, 2.45) is 16.6 Å². The Hall–Kier alpha value is -2.48. The predicted molar refractivity (Wildman–Crippen MR) is 112 cm³/mol. The minimum Gasteiger partial charge on any atom is -0.474 e. The molecule has 1 atom stereocenters. The van der Waals surface area contributed by atoms with Crippen molar-refractivity contribution in [1.29, 1.82) is 0 Å². The van der Waals surface area contributed by atoms with Crippen LogP contribution in [0.2, 0.25) is 0 Å². The number of hydrogen-bond acceptors (Lipinski definition) is 6. The van der Waals surface area contributed by atoms with Crippen molar-refractivity contribution in [3.63, 3.8) is 0 Å². The number of imide groups is 1. The summed E-state index contributed by atoms with van der Waals surface area (Å²) >= 11 is 0. The summed E-state index contributed by atoms with van der Waals surface area (Å²) in [7, 11) is 1.76. The third kappa shape index (κ3) is 4.64. The van der Waals surface area contributed by atoms with Gasteiger partial charge in [0.1, 0.15) is 11.7 Å². The lowest BCUT2D eigenvalue weighted by Gasteiger charge is -2.58.